The van der Waals surface area contributed by atoms with E-state index in [1.54, 1.807) is 6.07 Å². The maximum atomic E-state index is 12.5. The van der Waals surface area contributed by atoms with Crippen molar-refractivity contribution in [3.05, 3.63) is 24.1 Å². The minimum Gasteiger partial charge on any atom is -0.362 e. The van der Waals surface area contributed by atoms with Crippen LogP contribution in [0.5, 0.6) is 0 Å². The first kappa shape index (κ1) is 8.44. The number of halogens is 1. The van der Waals surface area contributed by atoms with Gasteiger partial charge in [0.2, 0.25) is 0 Å². The Kier molecular flexibility index (Phi) is 1.92. The van der Waals surface area contributed by atoms with Gasteiger partial charge in [-0.25, -0.2) is 9.37 Å². The number of hydrogen-bond acceptors (Lipinski definition) is 3. The van der Waals surface area contributed by atoms with Crippen LogP contribution in [-0.2, 0) is 0 Å². The Morgan fingerprint density at radius 3 is 2.77 bits per heavy atom. The highest BCUT2D eigenvalue weighted by atomic mass is 19.1. The molecule has 1 fully saturated rings. The van der Waals surface area contributed by atoms with Gasteiger partial charge in [0.05, 0.1) is 11.7 Å². The lowest BCUT2D eigenvalue weighted by Gasteiger charge is -2.40. The number of anilines is 1. The minimum atomic E-state index is -0.303. The molecule has 0 amide bonds. The number of nitrogens with zero attached hydrogens (tertiary/aromatic N) is 1. The van der Waals surface area contributed by atoms with Crippen LogP contribution in [-0.4, -0.2) is 23.6 Å². The van der Waals surface area contributed by atoms with Gasteiger partial charge >= 0.3 is 0 Å². The molecular formula is C9H12FN3. The summed E-state index contributed by atoms with van der Waals surface area (Å²) in [4.78, 5) is 3.93. The number of pyridine rings is 1. The highest BCUT2D eigenvalue weighted by molar-refractivity contribution is 5.38. The van der Waals surface area contributed by atoms with E-state index in [2.05, 4.69) is 22.5 Å². The van der Waals surface area contributed by atoms with Crippen molar-refractivity contribution in [1.29, 1.82) is 0 Å². The second kappa shape index (κ2) is 2.96. The van der Waals surface area contributed by atoms with E-state index < -0.39 is 0 Å². The Morgan fingerprint density at radius 1 is 1.54 bits per heavy atom. The van der Waals surface area contributed by atoms with Crippen LogP contribution in [0.2, 0.25) is 0 Å². The molecule has 4 heteroatoms. The van der Waals surface area contributed by atoms with Gasteiger partial charge in [-0.1, -0.05) is 0 Å². The summed E-state index contributed by atoms with van der Waals surface area (Å²) in [7, 11) is 0. The van der Waals surface area contributed by atoms with E-state index in [1.807, 2.05) is 0 Å². The van der Waals surface area contributed by atoms with Gasteiger partial charge in [-0.15, -0.1) is 0 Å². The van der Waals surface area contributed by atoms with E-state index in [0.717, 1.165) is 18.9 Å². The molecule has 0 spiro atoms. The summed E-state index contributed by atoms with van der Waals surface area (Å²) in [5, 5.41) is 6.41. The second-order valence-electron chi connectivity index (χ2n) is 3.65. The Hall–Kier alpha value is -1.16. The maximum Gasteiger partial charge on any atom is 0.141 e. The van der Waals surface area contributed by atoms with Crippen molar-refractivity contribution in [3.63, 3.8) is 0 Å². The predicted octanol–water partition coefficient (Wildman–Crippen LogP) is 0.994. The molecule has 1 aliphatic rings. The number of rotatable bonds is 2. The average molecular weight is 181 g/mol. The van der Waals surface area contributed by atoms with Gasteiger partial charge in [-0.2, -0.15) is 0 Å². The number of hydrogen-bond donors (Lipinski definition) is 2. The van der Waals surface area contributed by atoms with Crippen molar-refractivity contribution in [2.75, 3.05) is 18.4 Å². The quantitative estimate of drug-likeness (QED) is 0.714. The minimum absolute atomic E-state index is 0.0742. The molecule has 2 heterocycles. The predicted molar refractivity (Wildman–Crippen MR) is 49.1 cm³/mol. The molecule has 1 aromatic heterocycles. The molecule has 0 aliphatic carbocycles. The van der Waals surface area contributed by atoms with Gasteiger partial charge in [0.15, 0.2) is 0 Å². The van der Waals surface area contributed by atoms with E-state index >= 15 is 0 Å². The maximum absolute atomic E-state index is 12.5. The van der Waals surface area contributed by atoms with Crippen LogP contribution < -0.4 is 10.6 Å². The zero-order valence-corrected chi connectivity index (χ0v) is 7.47. The second-order valence-corrected chi connectivity index (χ2v) is 3.65. The molecule has 2 N–H and O–H groups in total. The summed E-state index contributed by atoms with van der Waals surface area (Å²) < 4.78 is 12.5. The SMILES string of the molecule is CC1(Nc2ccc(F)cn2)CNC1. The molecule has 1 aliphatic heterocycles. The van der Waals surface area contributed by atoms with Gasteiger partial charge in [0.25, 0.3) is 0 Å². The Labute approximate surface area is 76.4 Å². The summed E-state index contributed by atoms with van der Waals surface area (Å²) in [5.41, 5.74) is 0.0742. The highest BCUT2D eigenvalue weighted by Gasteiger charge is 2.31. The molecule has 0 unspecified atom stereocenters. The van der Waals surface area contributed by atoms with Crippen LogP contribution in [0.3, 0.4) is 0 Å². The normalized spacial score (nSPS) is 19.2. The van der Waals surface area contributed by atoms with Crippen LogP contribution in [0.25, 0.3) is 0 Å². The fourth-order valence-corrected chi connectivity index (χ4v) is 1.35. The highest BCUT2D eigenvalue weighted by Crippen LogP contribution is 2.16. The summed E-state index contributed by atoms with van der Waals surface area (Å²) in [5.74, 6) is 0.424. The van der Waals surface area contributed by atoms with Crippen molar-refractivity contribution in [2.24, 2.45) is 0 Å². The lowest BCUT2D eigenvalue weighted by atomic mass is 9.95. The van der Waals surface area contributed by atoms with E-state index in [-0.39, 0.29) is 11.4 Å². The van der Waals surface area contributed by atoms with E-state index in [4.69, 9.17) is 0 Å². The van der Waals surface area contributed by atoms with Gasteiger partial charge in [0.1, 0.15) is 11.6 Å². The summed E-state index contributed by atoms with van der Waals surface area (Å²) >= 11 is 0. The largest absolute Gasteiger partial charge is 0.362 e. The van der Waals surface area contributed by atoms with Crippen molar-refractivity contribution >= 4 is 5.82 Å². The third-order valence-corrected chi connectivity index (χ3v) is 2.19. The first-order valence-electron chi connectivity index (χ1n) is 4.28. The molecule has 0 radical (unpaired) electrons. The third kappa shape index (κ3) is 1.78. The van der Waals surface area contributed by atoms with Crippen LogP contribution in [0.1, 0.15) is 6.92 Å². The molecule has 70 valence electrons. The van der Waals surface area contributed by atoms with Gasteiger partial charge in [0, 0.05) is 13.1 Å². The Bertz CT molecular complexity index is 292. The molecule has 0 atom stereocenters. The topological polar surface area (TPSA) is 37.0 Å². The molecule has 2 rings (SSSR count). The molecular weight excluding hydrogens is 169 g/mol. The Morgan fingerprint density at radius 2 is 2.31 bits per heavy atom. The molecule has 0 bridgehead atoms. The van der Waals surface area contributed by atoms with Crippen molar-refractivity contribution in [1.82, 2.24) is 10.3 Å². The smallest absolute Gasteiger partial charge is 0.141 e. The van der Waals surface area contributed by atoms with Crippen LogP contribution in [0.4, 0.5) is 10.2 Å². The molecule has 1 saturated heterocycles. The average Bonchev–Trinajstić information content (AvgIpc) is 2.06. The standard InChI is InChI=1S/C9H12FN3/c1-9(5-11-6-9)13-8-3-2-7(10)4-12-8/h2-4,11H,5-6H2,1H3,(H,12,13). The van der Waals surface area contributed by atoms with Crippen LogP contribution in [0, 0.1) is 5.82 Å². The molecule has 3 nitrogen and oxygen atoms in total. The molecule has 1 aromatic rings. The van der Waals surface area contributed by atoms with Crippen molar-refractivity contribution in [3.8, 4) is 0 Å². The van der Waals surface area contributed by atoms with Gasteiger partial charge < -0.3 is 10.6 Å². The van der Waals surface area contributed by atoms with Gasteiger partial charge in [-0.3, -0.25) is 0 Å². The monoisotopic (exact) mass is 181 g/mol. The van der Waals surface area contributed by atoms with Crippen molar-refractivity contribution in [2.45, 2.75) is 12.5 Å². The zero-order chi connectivity index (χ0) is 9.31. The summed E-state index contributed by atoms with van der Waals surface area (Å²) in [6, 6.07) is 3.06. The third-order valence-electron chi connectivity index (χ3n) is 2.19. The van der Waals surface area contributed by atoms with E-state index in [1.165, 1.54) is 12.3 Å². The summed E-state index contributed by atoms with van der Waals surface area (Å²) in [6.07, 6.45) is 1.22. The molecule has 0 aromatic carbocycles. The first-order chi connectivity index (χ1) is 6.18. The van der Waals surface area contributed by atoms with E-state index in [0.29, 0.717) is 0 Å². The van der Waals surface area contributed by atoms with E-state index in [9.17, 15) is 4.39 Å². The van der Waals surface area contributed by atoms with Crippen LogP contribution >= 0.6 is 0 Å². The van der Waals surface area contributed by atoms with Crippen LogP contribution in [0.15, 0.2) is 18.3 Å². The van der Waals surface area contributed by atoms with Crippen molar-refractivity contribution < 1.29 is 4.39 Å². The van der Waals surface area contributed by atoms with Gasteiger partial charge in [-0.05, 0) is 19.1 Å². The fraction of sp³-hybridized carbons (Fsp3) is 0.444. The Balaban J connectivity index is 2.05. The zero-order valence-electron chi connectivity index (χ0n) is 7.47. The number of nitrogens with one attached hydrogen (secondary N) is 2. The number of aromatic nitrogens is 1. The lowest BCUT2D eigenvalue weighted by Crippen LogP contribution is -2.62. The molecule has 13 heavy (non-hydrogen) atoms. The first-order valence-corrected chi connectivity index (χ1v) is 4.28. The summed E-state index contributed by atoms with van der Waals surface area (Å²) in [6.45, 7) is 3.95. The molecule has 0 saturated carbocycles. The lowest BCUT2D eigenvalue weighted by molar-refractivity contribution is 0.337. The fourth-order valence-electron chi connectivity index (χ4n) is 1.35.